The number of aromatic nitrogens is 4. The summed E-state index contributed by atoms with van der Waals surface area (Å²) < 4.78 is 9.28. The van der Waals surface area contributed by atoms with Crippen LogP contribution in [0.5, 0.6) is 5.75 Å². The van der Waals surface area contributed by atoms with Gasteiger partial charge in [0.25, 0.3) is 0 Å². The van der Waals surface area contributed by atoms with Crippen LogP contribution in [0.25, 0.3) is 54.1 Å². The number of carboxylic acid groups (broad SMARTS) is 1. The molecule has 0 aliphatic heterocycles. The maximum absolute atomic E-state index is 12.0. The van der Waals surface area contributed by atoms with Crippen LogP contribution in [-0.4, -0.2) is 36.4 Å². The van der Waals surface area contributed by atoms with Gasteiger partial charge in [-0.3, -0.25) is 14.5 Å². The quantitative estimate of drug-likeness (QED) is 0.181. The Balaban J connectivity index is 1.50. The van der Waals surface area contributed by atoms with E-state index in [1.165, 1.54) is 11.3 Å². The van der Waals surface area contributed by atoms with E-state index < -0.39 is 11.6 Å². The van der Waals surface area contributed by atoms with Gasteiger partial charge in [-0.15, -0.1) is 11.3 Å². The van der Waals surface area contributed by atoms with Gasteiger partial charge in [-0.1, -0.05) is 24.6 Å². The Labute approximate surface area is 265 Å². The molecule has 9 heteroatoms. The average molecular weight is 625 g/mol. The minimum absolute atomic E-state index is 0.126. The van der Waals surface area contributed by atoms with E-state index >= 15 is 0 Å². The van der Waals surface area contributed by atoms with Gasteiger partial charge in [0.1, 0.15) is 16.4 Å². The Morgan fingerprint density at radius 2 is 1.89 bits per heavy atom. The molecular formula is C35H33ClN4O3S. The van der Waals surface area contributed by atoms with E-state index in [1.807, 2.05) is 62.8 Å². The summed E-state index contributed by atoms with van der Waals surface area (Å²) in [6.07, 6.45) is 4.60. The Morgan fingerprint density at radius 1 is 1.07 bits per heavy atom. The third-order valence-electron chi connectivity index (χ3n) is 7.35. The second-order valence-corrected chi connectivity index (χ2v) is 13.3. The predicted molar refractivity (Wildman–Crippen MR) is 179 cm³/mol. The van der Waals surface area contributed by atoms with Crippen LogP contribution in [0.3, 0.4) is 0 Å². The fourth-order valence-electron chi connectivity index (χ4n) is 5.50. The summed E-state index contributed by atoms with van der Waals surface area (Å²) in [4.78, 5) is 21.8. The van der Waals surface area contributed by atoms with E-state index in [9.17, 15) is 9.90 Å². The highest BCUT2D eigenvalue weighted by molar-refractivity contribution is 7.22. The first-order valence-corrected chi connectivity index (χ1v) is 15.8. The molecule has 0 atom stereocenters. The van der Waals surface area contributed by atoms with E-state index in [0.29, 0.717) is 10.8 Å². The van der Waals surface area contributed by atoms with Crippen molar-refractivity contribution in [3.63, 3.8) is 0 Å². The molecule has 3 heterocycles. The molecule has 0 fully saturated rings. The van der Waals surface area contributed by atoms with Crippen LogP contribution in [-0.2, 0) is 17.8 Å². The van der Waals surface area contributed by atoms with Crippen LogP contribution in [0.2, 0.25) is 5.02 Å². The number of nitrogens with zero attached hydrogens (tertiary/aromatic N) is 4. The van der Waals surface area contributed by atoms with Gasteiger partial charge in [-0.2, -0.15) is 5.10 Å². The molecule has 0 unspecified atom stereocenters. The molecule has 0 aliphatic carbocycles. The molecular weight excluding hydrogens is 592 g/mol. The van der Waals surface area contributed by atoms with E-state index in [4.69, 9.17) is 21.3 Å². The topological polar surface area (TPSA) is 90.1 Å². The van der Waals surface area contributed by atoms with E-state index in [0.717, 1.165) is 78.2 Å². The van der Waals surface area contributed by atoms with Gasteiger partial charge >= 0.3 is 5.97 Å². The number of hydrogen-bond acceptors (Lipinski definition) is 6. The molecule has 0 spiro atoms. The molecule has 1 N–H and O–H groups in total. The lowest BCUT2D eigenvalue weighted by atomic mass is 9.92. The van der Waals surface area contributed by atoms with Crippen LogP contribution < -0.4 is 4.74 Å². The fourth-order valence-corrected chi connectivity index (χ4v) is 6.79. The Bertz CT molecular complexity index is 2040. The third kappa shape index (κ3) is 5.92. The second-order valence-electron chi connectivity index (χ2n) is 11.9. The molecule has 3 aromatic heterocycles. The Kier molecular flexibility index (Phi) is 7.90. The molecule has 0 amide bonds. The fraction of sp³-hybridized carbons (Fsp3) is 0.257. The van der Waals surface area contributed by atoms with Crippen LogP contribution in [0.1, 0.15) is 45.2 Å². The van der Waals surface area contributed by atoms with Crippen LogP contribution in [0.15, 0.2) is 67.0 Å². The number of aliphatic carboxylic acids is 1. The number of benzene rings is 3. The third-order valence-corrected chi connectivity index (χ3v) is 8.72. The summed E-state index contributed by atoms with van der Waals surface area (Å²) >= 11 is 7.94. The van der Waals surface area contributed by atoms with Crippen LogP contribution >= 0.6 is 22.9 Å². The van der Waals surface area contributed by atoms with Crippen molar-refractivity contribution in [1.29, 1.82) is 0 Å². The summed E-state index contributed by atoms with van der Waals surface area (Å²) in [6, 6.07) is 17.8. The summed E-state index contributed by atoms with van der Waals surface area (Å²) in [5.74, 6) is -0.302. The SMILES string of the molecule is CCCn1ncc2cc(-c3cc(-c4nc5cc(C)c(CC(=O)O)c(-c6ccc(Cl)cc6OC(C)(C)C)c5s4)ccn3)ccc21. The van der Waals surface area contributed by atoms with Crippen molar-refractivity contribution in [2.45, 2.75) is 59.6 Å². The van der Waals surface area contributed by atoms with Gasteiger partial charge in [0.05, 0.1) is 34.0 Å². The number of carboxylic acids is 1. The highest BCUT2D eigenvalue weighted by Gasteiger charge is 2.24. The van der Waals surface area contributed by atoms with Gasteiger partial charge < -0.3 is 9.84 Å². The summed E-state index contributed by atoms with van der Waals surface area (Å²) in [5, 5.41) is 16.9. The van der Waals surface area contributed by atoms with Crippen molar-refractivity contribution >= 4 is 50.0 Å². The summed E-state index contributed by atoms with van der Waals surface area (Å²) in [5.41, 5.74) is 7.38. The van der Waals surface area contributed by atoms with Gasteiger partial charge in [-0.05, 0) is 93.8 Å². The molecule has 0 aliphatic rings. The minimum Gasteiger partial charge on any atom is -0.487 e. The monoisotopic (exact) mass is 624 g/mol. The number of pyridine rings is 1. The zero-order chi connectivity index (χ0) is 31.2. The number of hydrogen-bond donors (Lipinski definition) is 1. The molecule has 6 rings (SSSR count). The van der Waals surface area contributed by atoms with Crippen LogP contribution in [0, 0.1) is 6.92 Å². The number of thiazole rings is 1. The molecule has 0 radical (unpaired) electrons. The summed E-state index contributed by atoms with van der Waals surface area (Å²) in [7, 11) is 0. The molecule has 0 saturated heterocycles. The predicted octanol–water partition coefficient (Wildman–Crippen LogP) is 9.22. The molecule has 0 saturated carbocycles. The van der Waals surface area contributed by atoms with Gasteiger partial charge in [-0.25, -0.2) is 4.98 Å². The van der Waals surface area contributed by atoms with Gasteiger partial charge in [0, 0.05) is 45.4 Å². The maximum atomic E-state index is 12.0. The largest absolute Gasteiger partial charge is 0.487 e. The molecule has 6 aromatic rings. The van der Waals surface area contributed by atoms with Crippen molar-refractivity contribution in [2.24, 2.45) is 0 Å². The average Bonchev–Trinajstić information content (AvgIpc) is 3.57. The normalized spacial score (nSPS) is 11.9. The van der Waals surface area contributed by atoms with Crippen molar-refractivity contribution in [2.75, 3.05) is 0 Å². The number of halogens is 1. The number of aryl methyl sites for hydroxylation is 2. The molecule has 7 nitrogen and oxygen atoms in total. The van der Waals surface area contributed by atoms with Crippen molar-refractivity contribution in [1.82, 2.24) is 19.7 Å². The number of carbonyl (C=O) groups is 1. The first kappa shape index (κ1) is 29.8. The highest BCUT2D eigenvalue weighted by atomic mass is 35.5. The molecule has 0 bridgehead atoms. The maximum Gasteiger partial charge on any atom is 0.307 e. The lowest BCUT2D eigenvalue weighted by molar-refractivity contribution is -0.136. The van der Waals surface area contributed by atoms with E-state index in [2.05, 4.69) is 41.3 Å². The van der Waals surface area contributed by atoms with Crippen molar-refractivity contribution in [3.05, 3.63) is 83.1 Å². The minimum atomic E-state index is -0.901. The zero-order valence-electron chi connectivity index (χ0n) is 25.3. The van der Waals surface area contributed by atoms with Gasteiger partial charge in [0.15, 0.2) is 0 Å². The lowest BCUT2D eigenvalue weighted by Crippen LogP contribution is -2.23. The number of rotatable bonds is 8. The Morgan fingerprint density at radius 3 is 2.64 bits per heavy atom. The van der Waals surface area contributed by atoms with Crippen molar-refractivity contribution < 1.29 is 14.6 Å². The summed E-state index contributed by atoms with van der Waals surface area (Å²) in [6.45, 7) is 10.9. The smallest absolute Gasteiger partial charge is 0.307 e. The van der Waals surface area contributed by atoms with E-state index in [-0.39, 0.29) is 6.42 Å². The standard InChI is InChI=1S/C35H33ClN4O3S/c1-6-13-40-29-10-7-21(15-23(29)19-38-40)27-16-22(11-12-37-27)34-39-28-14-20(2)26(18-31(41)42)32(33(28)44-34)25-9-8-24(36)17-30(25)43-35(3,4)5/h7-12,14-17,19H,6,13,18H2,1-5H3,(H,41,42). The van der Waals surface area contributed by atoms with Gasteiger partial charge in [0.2, 0.25) is 0 Å². The second kappa shape index (κ2) is 11.7. The Hall–Kier alpha value is -4.27. The number of fused-ring (bicyclic) bond motifs is 2. The first-order valence-electron chi connectivity index (χ1n) is 14.6. The molecule has 3 aromatic carbocycles. The zero-order valence-corrected chi connectivity index (χ0v) is 26.9. The molecule has 224 valence electrons. The van der Waals surface area contributed by atoms with Crippen molar-refractivity contribution in [3.8, 4) is 38.7 Å². The first-order chi connectivity index (χ1) is 21.0. The highest BCUT2D eigenvalue weighted by Crippen LogP contribution is 2.45. The van der Waals surface area contributed by atoms with E-state index in [1.54, 1.807) is 12.3 Å². The van der Waals surface area contributed by atoms with Crippen LogP contribution in [0.4, 0.5) is 0 Å². The molecule has 44 heavy (non-hydrogen) atoms. The number of ether oxygens (including phenoxy) is 1. The lowest BCUT2D eigenvalue weighted by Gasteiger charge is -2.24.